The van der Waals surface area contributed by atoms with Crippen molar-refractivity contribution in [2.24, 2.45) is 0 Å². The topological polar surface area (TPSA) is 85.9 Å². The van der Waals surface area contributed by atoms with Crippen LogP contribution in [-0.4, -0.2) is 32.6 Å². The minimum absolute atomic E-state index is 0.205. The van der Waals surface area contributed by atoms with Crippen LogP contribution in [0.3, 0.4) is 0 Å². The van der Waals surface area contributed by atoms with Gasteiger partial charge in [-0.1, -0.05) is 23.8 Å². The van der Waals surface area contributed by atoms with Gasteiger partial charge >= 0.3 is 0 Å². The first-order chi connectivity index (χ1) is 13.4. The second-order valence-electron chi connectivity index (χ2n) is 6.04. The van der Waals surface area contributed by atoms with Crippen molar-refractivity contribution >= 4 is 17.9 Å². The van der Waals surface area contributed by atoms with E-state index in [-0.39, 0.29) is 6.61 Å². The molecule has 0 bridgehead atoms. The van der Waals surface area contributed by atoms with Gasteiger partial charge in [-0.15, -0.1) is 0 Å². The molecule has 2 aromatic rings. The molecule has 2 aromatic carbocycles. The third-order valence-corrected chi connectivity index (χ3v) is 3.85. The molecule has 0 saturated heterocycles. The molecule has 2 rings (SSSR count). The fraction of sp³-hybridized carbons (Fsp3) is 0.238. The number of amides is 2. The van der Waals surface area contributed by atoms with Gasteiger partial charge in [0, 0.05) is 6.08 Å². The van der Waals surface area contributed by atoms with Crippen molar-refractivity contribution in [3.8, 4) is 17.2 Å². The predicted molar refractivity (Wildman–Crippen MR) is 106 cm³/mol. The maximum atomic E-state index is 11.9. The van der Waals surface area contributed by atoms with Gasteiger partial charge in [0.2, 0.25) is 0 Å². The normalized spacial score (nSPS) is 10.4. The number of carbonyl (C=O) groups excluding carboxylic acids is 2. The van der Waals surface area contributed by atoms with Gasteiger partial charge in [0.15, 0.2) is 18.1 Å². The lowest BCUT2D eigenvalue weighted by Gasteiger charge is -2.10. The summed E-state index contributed by atoms with van der Waals surface area (Å²) in [7, 11) is 3.08. The molecule has 0 aliphatic heterocycles. The first kappa shape index (κ1) is 20.8. The summed E-state index contributed by atoms with van der Waals surface area (Å²) >= 11 is 0. The van der Waals surface area contributed by atoms with E-state index in [9.17, 15) is 9.59 Å². The molecule has 0 radical (unpaired) electrons. The molecular weight excluding hydrogens is 360 g/mol. The fourth-order valence-electron chi connectivity index (χ4n) is 2.44. The molecular formula is C21H24N2O5. The highest BCUT2D eigenvalue weighted by Crippen LogP contribution is 2.27. The molecule has 7 nitrogen and oxygen atoms in total. The Morgan fingerprint density at radius 3 is 2.32 bits per heavy atom. The molecule has 0 aliphatic carbocycles. The van der Waals surface area contributed by atoms with Crippen LogP contribution in [-0.2, 0) is 9.59 Å². The number of hydrogen-bond acceptors (Lipinski definition) is 5. The number of methoxy groups -OCH3 is 2. The molecule has 0 unspecified atom stereocenters. The molecule has 0 aromatic heterocycles. The highest BCUT2D eigenvalue weighted by atomic mass is 16.5. The highest BCUT2D eigenvalue weighted by Gasteiger charge is 2.06. The monoisotopic (exact) mass is 384 g/mol. The smallest absolute Gasteiger partial charge is 0.276 e. The highest BCUT2D eigenvalue weighted by molar-refractivity contribution is 5.93. The Balaban J connectivity index is 1.81. The van der Waals surface area contributed by atoms with Crippen LogP contribution >= 0.6 is 0 Å². The van der Waals surface area contributed by atoms with E-state index < -0.39 is 11.8 Å². The van der Waals surface area contributed by atoms with E-state index in [1.54, 1.807) is 31.4 Å². The maximum absolute atomic E-state index is 11.9. The van der Waals surface area contributed by atoms with E-state index in [0.717, 1.165) is 16.7 Å². The van der Waals surface area contributed by atoms with Crippen molar-refractivity contribution in [3.63, 3.8) is 0 Å². The Kier molecular flexibility index (Phi) is 7.45. The molecule has 2 N–H and O–H groups in total. The molecule has 2 amide bonds. The Bertz CT molecular complexity index is 877. The molecule has 28 heavy (non-hydrogen) atoms. The third-order valence-electron chi connectivity index (χ3n) is 3.85. The van der Waals surface area contributed by atoms with Crippen LogP contribution in [0.4, 0.5) is 0 Å². The Morgan fingerprint density at radius 1 is 0.929 bits per heavy atom. The number of hydrazine groups is 1. The summed E-state index contributed by atoms with van der Waals surface area (Å²) in [5, 5.41) is 0. The van der Waals surface area contributed by atoms with Gasteiger partial charge in [-0.3, -0.25) is 20.4 Å². The first-order valence-corrected chi connectivity index (χ1v) is 8.62. The fourth-order valence-corrected chi connectivity index (χ4v) is 2.44. The van der Waals surface area contributed by atoms with Crippen molar-refractivity contribution in [3.05, 3.63) is 59.2 Å². The second kappa shape index (κ2) is 10.0. The van der Waals surface area contributed by atoms with E-state index in [1.165, 1.54) is 13.2 Å². The van der Waals surface area contributed by atoms with E-state index in [0.29, 0.717) is 17.2 Å². The minimum Gasteiger partial charge on any atom is -0.493 e. The van der Waals surface area contributed by atoms with Gasteiger partial charge in [0.25, 0.3) is 11.8 Å². The third kappa shape index (κ3) is 6.05. The predicted octanol–water partition coefficient (Wildman–Crippen LogP) is 2.56. The van der Waals surface area contributed by atoms with Gasteiger partial charge in [-0.05, 0) is 49.2 Å². The number of aryl methyl sites for hydroxylation is 2. The summed E-state index contributed by atoms with van der Waals surface area (Å²) in [4.78, 5) is 23.7. The van der Waals surface area contributed by atoms with Gasteiger partial charge in [-0.25, -0.2) is 0 Å². The lowest BCUT2D eigenvalue weighted by molar-refractivity contribution is -0.128. The molecule has 7 heteroatoms. The molecule has 0 spiro atoms. The van der Waals surface area contributed by atoms with Crippen LogP contribution in [0.1, 0.15) is 16.7 Å². The molecule has 0 atom stereocenters. The van der Waals surface area contributed by atoms with Gasteiger partial charge in [0.1, 0.15) is 5.75 Å². The summed E-state index contributed by atoms with van der Waals surface area (Å²) in [6.45, 7) is 3.68. The summed E-state index contributed by atoms with van der Waals surface area (Å²) < 4.78 is 15.8. The number of nitrogens with one attached hydrogen (secondary N) is 2. The van der Waals surface area contributed by atoms with E-state index in [2.05, 4.69) is 10.9 Å². The summed E-state index contributed by atoms with van der Waals surface area (Å²) in [6, 6.07) is 10.9. The zero-order valence-corrected chi connectivity index (χ0v) is 16.4. The van der Waals surface area contributed by atoms with E-state index in [4.69, 9.17) is 14.2 Å². The Labute approximate surface area is 164 Å². The SMILES string of the molecule is COc1ccc(/C=C/C(=O)NNC(=O)COc2ccc(C)cc2C)cc1OC. The molecule has 0 heterocycles. The van der Waals surface area contributed by atoms with E-state index >= 15 is 0 Å². The van der Waals surface area contributed by atoms with Crippen LogP contribution in [0.5, 0.6) is 17.2 Å². The minimum atomic E-state index is -0.477. The number of hydrogen-bond donors (Lipinski definition) is 2. The number of benzene rings is 2. The van der Waals surface area contributed by atoms with Crippen LogP contribution in [0.15, 0.2) is 42.5 Å². The van der Waals surface area contributed by atoms with Crippen molar-refractivity contribution in [2.75, 3.05) is 20.8 Å². The molecule has 0 saturated carbocycles. The lowest BCUT2D eigenvalue weighted by Crippen LogP contribution is -2.43. The Morgan fingerprint density at radius 2 is 1.64 bits per heavy atom. The quantitative estimate of drug-likeness (QED) is 0.566. The van der Waals surface area contributed by atoms with Crippen LogP contribution in [0.2, 0.25) is 0 Å². The second-order valence-corrected chi connectivity index (χ2v) is 6.04. The van der Waals surface area contributed by atoms with Gasteiger partial charge in [0.05, 0.1) is 14.2 Å². The zero-order chi connectivity index (χ0) is 20.5. The summed E-state index contributed by atoms with van der Waals surface area (Å²) in [5.74, 6) is 0.838. The number of rotatable bonds is 7. The average molecular weight is 384 g/mol. The van der Waals surface area contributed by atoms with Crippen molar-refractivity contribution in [2.45, 2.75) is 13.8 Å². The molecule has 0 aliphatic rings. The van der Waals surface area contributed by atoms with Crippen molar-refractivity contribution in [1.82, 2.24) is 10.9 Å². The first-order valence-electron chi connectivity index (χ1n) is 8.62. The molecule has 148 valence electrons. The Hall–Kier alpha value is -3.48. The zero-order valence-electron chi connectivity index (χ0n) is 16.4. The number of ether oxygens (including phenoxy) is 3. The van der Waals surface area contributed by atoms with Gasteiger partial charge < -0.3 is 14.2 Å². The largest absolute Gasteiger partial charge is 0.493 e. The maximum Gasteiger partial charge on any atom is 0.276 e. The van der Waals surface area contributed by atoms with Crippen molar-refractivity contribution in [1.29, 1.82) is 0 Å². The van der Waals surface area contributed by atoms with Gasteiger partial charge in [-0.2, -0.15) is 0 Å². The summed E-state index contributed by atoms with van der Waals surface area (Å²) in [5.41, 5.74) is 7.40. The lowest BCUT2D eigenvalue weighted by atomic mass is 10.1. The average Bonchev–Trinajstić information content (AvgIpc) is 2.69. The van der Waals surface area contributed by atoms with Crippen LogP contribution < -0.4 is 25.1 Å². The van der Waals surface area contributed by atoms with Crippen LogP contribution in [0.25, 0.3) is 6.08 Å². The van der Waals surface area contributed by atoms with Crippen LogP contribution in [0, 0.1) is 13.8 Å². The number of carbonyl (C=O) groups is 2. The summed E-state index contributed by atoms with van der Waals surface area (Å²) in [6.07, 6.45) is 2.89. The molecule has 0 fully saturated rings. The van der Waals surface area contributed by atoms with Crippen molar-refractivity contribution < 1.29 is 23.8 Å². The standard InChI is InChI=1S/C21H24N2O5/c1-14-5-8-17(15(2)11-14)28-13-21(25)23-22-20(24)10-7-16-6-9-18(26-3)19(12-16)27-4/h5-12H,13H2,1-4H3,(H,22,24)(H,23,25)/b10-7+. The van der Waals surface area contributed by atoms with E-state index in [1.807, 2.05) is 32.0 Å².